The van der Waals surface area contributed by atoms with Gasteiger partial charge in [0.1, 0.15) is 5.69 Å². The fourth-order valence-corrected chi connectivity index (χ4v) is 3.55. The Hall–Kier alpha value is -2.40. The predicted octanol–water partition coefficient (Wildman–Crippen LogP) is 4.11. The number of nitrogens with one attached hydrogen (secondary N) is 2. The normalized spacial score (nSPS) is 12.5. The van der Waals surface area contributed by atoms with E-state index in [4.69, 9.17) is 0 Å². The molecule has 24 heavy (non-hydrogen) atoms. The summed E-state index contributed by atoms with van der Waals surface area (Å²) in [5, 5.41) is 5.66. The number of carbonyl (C=O) groups excluding carboxylic acids is 1. The fourth-order valence-electron chi connectivity index (χ4n) is 2.76. The van der Waals surface area contributed by atoms with Gasteiger partial charge < -0.3 is 10.3 Å². The SMILES string of the molecule is CC(C)C[C@@H](NC(=O)c1cc(=O)c2ccccc2[nH]1)c1cccs1. The summed E-state index contributed by atoms with van der Waals surface area (Å²) in [6.07, 6.45) is 0.851. The number of amides is 1. The molecule has 0 bridgehead atoms. The monoisotopic (exact) mass is 340 g/mol. The van der Waals surface area contributed by atoms with Crippen LogP contribution in [0.5, 0.6) is 0 Å². The molecule has 0 spiro atoms. The molecule has 2 aromatic heterocycles. The van der Waals surface area contributed by atoms with Gasteiger partial charge in [-0.2, -0.15) is 0 Å². The zero-order valence-corrected chi connectivity index (χ0v) is 14.5. The van der Waals surface area contributed by atoms with E-state index in [0.717, 1.165) is 11.3 Å². The highest BCUT2D eigenvalue weighted by molar-refractivity contribution is 7.10. The summed E-state index contributed by atoms with van der Waals surface area (Å²) >= 11 is 1.63. The summed E-state index contributed by atoms with van der Waals surface area (Å²) < 4.78 is 0. The third kappa shape index (κ3) is 3.57. The molecule has 5 heteroatoms. The number of hydrogen-bond donors (Lipinski definition) is 2. The third-order valence-electron chi connectivity index (χ3n) is 3.88. The Morgan fingerprint density at radius 2 is 2.00 bits per heavy atom. The van der Waals surface area contributed by atoms with Crippen molar-refractivity contribution in [1.29, 1.82) is 0 Å². The molecule has 1 amide bonds. The first-order valence-corrected chi connectivity index (χ1v) is 8.89. The summed E-state index contributed by atoms with van der Waals surface area (Å²) in [6.45, 7) is 4.26. The molecule has 3 rings (SSSR count). The molecule has 1 aromatic carbocycles. The lowest BCUT2D eigenvalue weighted by Gasteiger charge is -2.19. The van der Waals surface area contributed by atoms with E-state index < -0.39 is 0 Å². The topological polar surface area (TPSA) is 62.0 Å². The van der Waals surface area contributed by atoms with Crippen molar-refractivity contribution in [3.63, 3.8) is 0 Å². The average Bonchev–Trinajstić information content (AvgIpc) is 3.08. The summed E-state index contributed by atoms with van der Waals surface area (Å²) in [5.41, 5.74) is 0.821. The molecule has 0 radical (unpaired) electrons. The molecule has 0 fully saturated rings. The number of aromatic amines is 1. The molecule has 2 N–H and O–H groups in total. The molecule has 0 saturated carbocycles. The van der Waals surface area contributed by atoms with E-state index in [1.165, 1.54) is 6.07 Å². The molecular weight excluding hydrogens is 320 g/mol. The van der Waals surface area contributed by atoms with Gasteiger partial charge in [0.2, 0.25) is 0 Å². The van der Waals surface area contributed by atoms with Crippen LogP contribution in [0.2, 0.25) is 0 Å². The molecule has 2 heterocycles. The second kappa shape index (κ2) is 7.01. The summed E-state index contributed by atoms with van der Waals surface area (Å²) in [7, 11) is 0. The zero-order valence-electron chi connectivity index (χ0n) is 13.7. The molecule has 0 aliphatic heterocycles. The van der Waals surface area contributed by atoms with Crippen LogP contribution in [0.1, 0.15) is 41.7 Å². The standard InChI is InChI=1S/C19H20N2O2S/c1-12(2)10-15(18-8-5-9-24-18)21-19(23)16-11-17(22)13-6-3-4-7-14(13)20-16/h3-9,11-12,15H,10H2,1-2H3,(H,20,22)(H,21,23)/t15-/m1/s1. The number of benzene rings is 1. The van der Waals surface area contributed by atoms with Gasteiger partial charge in [-0.1, -0.05) is 32.0 Å². The maximum atomic E-state index is 12.7. The molecular formula is C19H20N2O2S. The van der Waals surface area contributed by atoms with Gasteiger partial charge in [-0.3, -0.25) is 9.59 Å². The number of H-pyrrole nitrogens is 1. The van der Waals surface area contributed by atoms with Crippen LogP contribution in [-0.2, 0) is 0 Å². The van der Waals surface area contributed by atoms with Gasteiger partial charge in [0, 0.05) is 21.8 Å². The van der Waals surface area contributed by atoms with Crippen LogP contribution >= 0.6 is 11.3 Å². The number of aromatic nitrogens is 1. The Bertz CT molecular complexity index is 897. The number of fused-ring (bicyclic) bond motifs is 1. The predicted molar refractivity (Wildman–Crippen MR) is 98.5 cm³/mol. The highest BCUT2D eigenvalue weighted by Crippen LogP contribution is 2.25. The van der Waals surface area contributed by atoms with Gasteiger partial charge in [-0.25, -0.2) is 0 Å². The van der Waals surface area contributed by atoms with Crippen molar-refractivity contribution in [2.24, 2.45) is 5.92 Å². The molecule has 0 aliphatic carbocycles. The quantitative estimate of drug-likeness (QED) is 0.734. The first kappa shape index (κ1) is 16.5. The van der Waals surface area contributed by atoms with Gasteiger partial charge in [0.15, 0.2) is 5.43 Å². The highest BCUT2D eigenvalue weighted by atomic mass is 32.1. The lowest BCUT2D eigenvalue weighted by Crippen LogP contribution is -2.30. The molecule has 1 atom stereocenters. The van der Waals surface area contributed by atoms with Crippen molar-refractivity contribution in [2.45, 2.75) is 26.3 Å². The van der Waals surface area contributed by atoms with Crippen LogP contribution in [0.3, 0.4) is 0 Å². The van der Waals surface area contributed by atoms with Gasteiger partial charge in [-0.05, 0) is 35.9 Å². The van der Waals surface area contributed by atoms with E-state index in [2.05, 4.69) is 24.1 Å². The van der Waals surface area contributed by atoms with Crippen LogP contribution in [0.15, 0.2) is 52.6 Å². The smallest absolute Gasteiger partial charge is 0.268 e. The number of rotatable bonds is 5. The van der Waals surface area contributed by atoms with E-state index in [9.17, 15) is 9.59 Å². The molecule has 124 valence electrons. The van der Waals surface area contributed by atoms with E-state index in [0.29, 0.717) is 22.5 Å². The lowest BCUT2D eigenvalue weighted by atomic mass is 10.0. The van der Waals surface area contributed by atoms with E-state index >= 15 is 0 Å². The van der Waals surface area contributed by atoms with Crippen LogP contribution < -0.4 is 10.7 Å². The van der Waals surface area contributed by atoms with Crippen molar-refractivity contribution in [2.75, 3.05) is 0 Å². The number of carbonyl (C=O) groups is 1. The van der Waals surface area contributed by atoms with Gasteiger partial charge >= 0.3 is 0 Å². The first-order chi connectivity index (χ1) is 11.5. The van der Waals surface area contributed by atoms with Crippen LogP contribution in [0.4, 0.5) is 0 Å². The summed E-state index contributed by atoms with van der Waals surface area (Å²) in [6, 6.07) is 12.5. The van der Waals surface area contributed by atoms with Crippen LogP contribution in [-0.4, -0.2) is 10.9 Å². The Morgan fingerprint density at radius 1 is 1.21 bits per heavy atom. The number of pyridine rings is 1. The third-order valence-corrected chi connectivity index (χ3v) is 4.87. The van der Waals surface area contributed by atoms with Gasteiger partial charge in [0.25, 0.3) is 5.91 Å². The Labute approximate surface area is 144 Å². The maximum absolute atomic E-state index is 12.7. The second-order valence-electron chi connectivity index (χ2n) is 6.26. The minimum Gasteiger partial charge on any atom is -0.350 e. The van der Waals surface area contributed by atoms with Crippen LogP contribution in [0, 0.1) is 5.92 Å². The summed E-state index contributed by atoms with van der Waals surface area (Å²) in [5.74, 6) is 0.199. The minimum absolute atomic E-state index is 0.0486. The van der Waals surface area contributed by atoms with Gasteiger partial charge in [0.05, 0.1) is 6.04 Å². The fraction of sp³-hybridized carbons (Fsp3) is 0.263. The van der Waals surface area contributed by atoms with E-state index in [1.54, 1.807) is 23.5 Å². The molecule has 0 saturated heterocycles. The molecule has 3 aromatic rings. The highest BCUT2D eigenvalue weighted by Gasteiger charge is 2.19. The van der Waals surface area contributed by atoms with E-state index in [-0.39, 0.29) is 17.4 Å². The zero-order chi connectivity index (χ0) is 17.1. The van der Waals surface area contributed by atoms with Crippen molar-refractivity contribution in [3.8, 4) is 0 Å². The average molecular weight is 340 g/mol. The number of thiophene rings is 1. The summed E-state index contributed by atoms with van der Waals surface area (Å²) in [4.78, 5) is 29.0. The first-order valence-electron chi connectivity index (χ1n) is 8.01. The lowest BCUT2D eigenvalue weighted by molar-refractivity contribution is 0.0928. The number of para-hydroxylation sites is 1. The Balaban J connectivity index is 1.89. The Morgan fingerprint density at radius 3 is 2.71 bits per heavy atom. The van der Waals surface area contributed by atoms with Crippen molar-refractivity contribution < 1.29 is 4.79 Å². The van der Waals surface area contributed by atoms with Crippen molar-refractivity contribution in [1.82, 2.24) is 10.3 Å². The Kier molecular flexibility index (Phi) is 4.81. The molecule has 0 unspecified atom stereocenters. The van der Waals surface area contributed by atoms with Crippen molar-refractivity contribution >= 4 is 28.1 Å². The largest absolute Gasteiger partial charge is 0.350 e. The second-order valence-corrected chi connectivity index (χ2v) is 7.24. The molecule has 0 aliphatic rings. The van der Waals surface area contributed by atoms with Crippen LogP contribution in [0.25, 0.3) is 10.9 Å². The number of hydrogen-bond acceptors (Lipinski definition) is 3. The maximum Gasteiger partial charge on any atom is 0.268 e. The van der Waals surface area contributed by atoms with Gasteiger partial charge in [-0.15, -0.1) is 11.3 Å². The minimum atomic E-state index is -0.253. The molecule has 4 nitrogen and oxygen atoms in total. The van der Waals surface area contributed by atoms with Crippen molar-refractivity contribution in [3.05, 3.63) is 68.6 Å². The van der Waals surface area contributed by atoms with E-state index in [1.807, 2.05) is 29.6 Å².